The van der Waals surface area contributed by atoms with Gasteiger partial charge in [-0.25, -0.2) is 0 Å². The summed E-state index contributed by atoms with van der Waals surface area (Å²) in [7, 11) is 0. The Bertz CT molecular complexity index is 517. The summed E-state index contributed by atoms with van der Waals surface area (Å²) in [6.07, 6.45) is 0.221. The van der Waals surface area contributed by atoms with E-state index in [1.54, 1.807) is 0 Å². The van der Waals surface area contributed by atoms with Crippen LogP contribution in [0.3, 0.4) is 0 Å². The van der Waals surface area contributed by atoms with Crippen molar-refractivity contribution in [1.29, 1.82) is 0 Å². The lowest BCUT2D eigenvalue weighted by atomic mass is 10.2. The van der Waals surface area contributed by atoms with Crippen LogP contribution in [0, 0.1) is 10.1 Å². The van der Waals surface area contributed by atoms with Gasteiger partial charge in [-0.15, -0.1) is 0 Å². The Balaban J connectivity index is 1.99. The molecule has 108 valence electrons. The molecule has 8 heteroatoms. The van der Waals surface area contributed by atoms with E-state index in [1.165, 1.54) is 18.2 Å². The van der Waals surface area contributed by atoms with Crippen molar-refractivity contribution in [3.63, 3.8) is 0 Å². The van der Waals surface area contributed by atoms with Gasteiger partial charge in [-0.3, -0.25) is 14.9 Å². The Hall–Kier alpha value is -1.70. The molecule has 1 fully saturated rings. The topological polar surface area (TPSA) is 93.5 Å². The van der Waals surface area contributed by atoms with E-state index in [0.717, 1.165) is 0 Å². The number of nitrogens with zero attached hydrogens (tertiary/aromatic N) is 1. The molecule has 0 saturated carbocycles. The molecule has 0 aromatic heterocycles. The van der Waals surface area contributed by atoms with Gasteiger partial charge in [0, 0.05) is 31.1 Å². The number of carbonyl (C=O) groups excluding carboxylic acids is 1. The number of amides is 1. The van der Waals surface area contributed by atoms with E-state index in [4.69, 9.17) is 16.3 Å². The van der Waals surface area contributed by atoms with Crippen LogP contribution in [-0.4, -0.2) is 36.6 Å². The van der Waals surface area contributed by atoms with Crippen molar-refractivity contribution in [1.82, 2.24) is 5.32 Å². The molecule has 1 aliphatic heterocycles. The number of anilines is 1. The van der Waals surface area contributed by atoms with Crippen LogP contribution in [0.2, 0.25) is 5.02 Å². The minimum absolute atomic E-state index is 0.0544. The van der Waals surface area contributed by atoms with Crippen molar-refractivity contribution in [3.05, 3.63) is 33.3 Å². The van der Waals surface area contributed by atoms with Crippen LogP contribution in [0.4, 0.5) is 11.4 Å². The molecule has 20 heavy (non-hydrogen) atoms. The number of ether oxygens (including phenoxy) is 1. The number of nitro groups is 1. The second kappa shape index (κ2) is 6.65. The molecule has 0 aliphatic carbocycles. The molecular weight excluding hydrogens is 286 g/mol. The average Bonchev–Trinajstić information content (AvgIpc) is 2.42. The molecular formula is C12H14ClN3O4. The quantitative estimate of drug-likeness (QED) is 0.650. The molecule has 1 unspecified atom stereocenters. The number of nitrogens with one attached hydrogen (secondary N) is 2. The zero-order chi connectivity index (χ0) is 14.5. The molecule has 1 aromatic rings. The maximum absolute atomic E-state index is 11.9. The number of nitro benzene ring substituents is 1. The van der Waals surface area contributed by atoms with Gasteiger partial charge in [0.25, 0.3) is 5.69 Å². The third-order valence-electron chi connectivity index (χ3n) is 2.87. The first kappa shape index (κ1) is 14.7. The Morgan fingerprint density at radius 3 is 3.05 bits per heavy atom. The molecule has 0 spiro atoms. The van der Waals surface area contributed by atoms with Crippen LogP contribution in [0.25, 0.3) is 0 Å². The van der Waals surface area contributed by atoms with Crippen LogP contribution >= 0.6 is 11.6 Å². The van der Waals surface area contributed by atoms with Crippen molar-refractivity contribution in [2.45, 2.75) is 12.5 Å². The van der Waals surface area contributed by atoms with Crippen molar-refractivity contribution >= 4 is 28.9 Å². The van der Waals surface area contributed by atoms with Gasteiger partial charge in [0.05, 0.1) is 28.8 Å². The second-order valence-electron chi connectivity index (χ2n) is 4.40. The van der Waals surface area contributed by atoms with Crippen molar-refractivity contribution < 1.29 is 14.5 Å². The zero-order valence-electron chi connectivity index (χ0n) is 10.6. The largest absolute Gasteiger partial charge is 0.378 e. The average molecular weight is 300 g/mol. The van der Waals surface area contributed by atoms with E-state index in [1.807, 2.05) is 0 Å². The van der Waals surface area contributed by atoms with Crippen molar-refractivity contribution in [3.8, 4) is 0 Å². The molecule has 1 saturated heterocycles. The summed E-state index contributed by atoms with van der Waals surface area (Å²) in [5, 5.41) is 16.7. The molecule has 1 amide bonds. The van der Waals surface area contributed by atoms with Gasteiger partial charge >= 0.3 is 0 Å². The van der Waals surface area contributed by atoms with Gasteiger partial charge in [0.2, 0.25) is 5.91 Å². The van der Waals surface area contributed by atoms with E-state index in [0.29, 0.717) is 19.8 Å². The summed E-state index contributed by atoms with van der Waals surface area (Å²) < 4.78 is 5.25. The van der Waals surface area contributed by atoms with Crippen molar-refractivity contribution in [2.24, 2.45) is 0 Å². The first-order chi connectivity index (χ1) is 9.56. The number of rotatable bonds is 4. The lowest BCUT2D eigenvalue weighted by Crippen LogP contribution is -2.43. The summed E-state index contributed by atoms with van der Waals surface area (Å²) in [4.78, 5) is 22.0. The number of halogens is 1. The minimum atomic E-state index is -0.539. The smallest absolute Gasteiger partial charge is 0.271 e. The van der Waals surface area contributed by atoms with Gasteiger partial charge < -0.3 is 15.4 Å². The predicted molar refractivity (Wildman–Crippen MR) is 74.0 cm³/mol. The standard InChI is InChI=1S/C12H14ClN3O4/c13-10-2-1-9(16(18)19)6-11(10)15-12(17)5-8-7-20-4-3-14-8/h1-2,6,8,14H,3-5,7H2,(H,15,17). The van der Waals surface area contributed by atoms with Gasteiger partial charge in [-0.1, -0.05) is 11.6 Å². The third-order valence-corrected chi connectivity index (χ3v) is 3.19. The number of carbonyl (C=O) groups is 1. The molecule has 0 radical (unpaired) electrons. The van der Waals surface area contributed by atoms with Crippen LogP contribution in [0.5, 0.6) is 0 Å². The van der Waals surface area contributed by atoms with Gasteiger partial charge in [0.1, 0.15) is 0 Å². The highest BCUT2D eigenvalue weighted by Gasteiger charge is 2.18. The van der Waals surface area contributed by atoms with Gasteiger partial charge in [-0.2, -0.15) is 0 Å². The molecule has 1 heterocycles. The minimum Gasteiger partial charge on any atom is -0.378 e. The van der Waals surface area contributed by atoms with Crippen LogP contribution < -0.4 is 10.6 Å². The highest BCUT2D eigenvalue weighted by molar-refractivity contribution is 6.33. The van der Waals surface area contributed by atoms with E-state index in [9.17, 15) is 14.9 Å². The fraction of sp³-hybridized carbons (Fsp3) is 0.417. The monoisotopic (exact) mass is 299 g/mol. The number of benzene rings is 1. The van der Waals surface area contributed by atoms with Gasteiger partial charge in [-0.05, 0) is 6.07 Å². The van der Waals surface area contributed by atoms with Crippen LogP contribution in [0.15, 0.2) is 18.2 Å². The Labute approximate surface area is 120 Å². The normalized spacial score (nSPS) is 18.6. The third kappa shape index (κ3) is 3.89. The maximum Gasteiger partial charge on any atom is 0.271 e. The zero-order valence-corrected chi connectivity index (χ0v) is 11.4. The van der Waals surface area contributed by atoms with Crippen LogP contribution in [-0.2, 0) is 9.53 Å². The molecule has 1 atom stereocenters. The fourth-order valence-corrected chi connectivity index (χ4v) is 2.06. The Kier molecular flexibility index (Phi) is 4.89. The summed E-state index contributed by atoms with van der Waals surface area (Å²) in [5.74, 6) is -0.268. The lowest BCUT2D eigenvalue weighted by Gasteiger charge is -2.23. The van der Waals surface area contributed by atoms with E-state index in [-0.39, 0.29) is 34.8 Å². The number of morpholine rings is 1. The van der Waals surface area contributed by atoms with E-state index < -0.39 is 4.92 Å². The van der Waals surface area contributed by atoms with Gasteiger partial charge in [0.15, 0.2) is 0 Å². The molecule has 0 bridgehead atoms. The first-order valence-corrected chi connectivity index (χ1v) is 6.49. The molecule has 1 aliphatic rings. The molecule has 1 aromatic carbocycles. The number of hydrogen-bond donors (Lipinski definition) is 2. The number of non-ortho nitro benzene ring substituents is 1. The summed E-state index contributed by atoms with van der Waals surface area (Å²) in [6, 6.07) is 3.86. The highest BCUT2D eigenvalue weighted by Crippen LogP contribution is 2.26. The van der Waals surface area contributed by atoms with E-state index in [2.05, 4.69) is 10.6 Å². The maximum atomic E-state index is 11.9. The highest BCUT2D eigenvalue weighted by atomic mass is 35.5. The predicted octanol–water partition coefficient (Wildman–Crippen LogP) is 1.57. The summed E-state index contributed by atoms with van der Waals surface area (Å²) >= 11 is 5.91. The second-order valence-corrected chi connectivity index (χ2v) is 4.81. The lowest BCUT2D eigenvalue weighted by molar-refractivity contribution is -0.384. The Morgan fingerprint density at radius 1 is 1.60 bits per heavy atom. The number of hydrogen-bond acceptors (Lipinski definition) is 5. The summed E-state index contributed by atoms with van der Waals surface area (Å²) in [5.41, 5.74) is 0.117. The first-order valence-electron chi connectivity index (χ1n) is 6.11. The Morgan fingerprint density at radius 2 is 2.40 bits per heavy atom. The SMILES string of the molecule is O=C(CC1COCCN1)Nc1cc([N+](=O)[O-])ccc1Cl. The summed E-state index contributed by atoms with van der Waals surface area (Å²) in [6.45, 7) is 1.81. The molecule has 2 rings (SSSR count). The van der Waals surface area contributed by atoms with E-state index >= 15 is 0 Å². The molecule has 7 nitrogen and oxygen atoms in total. The fourth-order valence-electron chi connectivity index (χ4n) is 1.90. The van der Waals surface area contributed by atoms with Crippen molar-refractivity contribution in [2.75, 3.05) is 25.1 Å². The van der Waals surface area contributed by atoms with Crippen LogP contribution in [0.1, 0.15) is 6.42 Å². The molecule has 2 N–H and O–H groups in total.